The molecule has 132 valence electrons. The van der Waals surface area contributed by atoms with E-state index in [4.69, 9.17) is 11.6 Å². The summed E-state index contributed by atoms with van der Waals surface area (Å²) in [5.74, 6) is 0.0166. The van der Waals surface area contributed by atoms with Gasteiger partial charge in [-0.25, -0.2) is 23.7 Å². The summed E-state index contributed by atoms with van der Waals surface area (Å²) < 4.78 is 31.4. The Hall–Kier alpha value is -2.80. The van der Waals surface area contributed by atoms with Gasteiger partial charge in [0.15, 0.2) is 5.65 Å². The molecule has 8 heteroatoms. The Morgan fingerprint density at radius 3 is 2.77 bits per heavy atom. The third-order valence-electron chi connectivity index (χ3n) is 4.15. The first kappa shape index (κ1) is 16.7. The molecule has 0 N–H and O–H groups in total. The zero-order chi connectivity index (χ0) is 18.3. The second-order valence-electron chi connectivity index (χ2n) is 5.75. The Balaban J connectivity index is 1.79. The molecule has 0 unspecified atom stereocenters. The molecule has 0 radical (unpaired) electrons. The first-order valence-corrected chi connectivity index (χ1v) is 8.43. The molecule has 0 aliphatic rings. The number of nitrogens with zero attached hydrogens (tertiary/aromatic N) is 5. The van der Waals surface area contributed by atoms with Crippen LogP contribution in [0.25, 0.3) is 22.6 Å². The number of aromatic nitrogens is 5. The van der Waals surface area contributed by atoms with Crippen LogP contribution in [0.15, 0.2) is 42.7 Å². The number of pyridine rings is 1. The maximum absolute atomic E-state index is 14.1. The predicted octanol–water partition coefficient (Wildman–Crippen LogP) is 4.29. The molecule has 0 amide bonds. The van der Waals surface area contributed by atoms with Gasteiger partial charge in [-0.2, -0.15) is 0 Å². The summed E-state index contributed by atoms with van der Waals surface area (Å²) in [5.41, 5.74) is 1.52. The van der Waals surface area contributed by atoms with E-state index < -0.39 is 11.6 Å². The molecule has 3 heterocycles. The van der Waals surface area contributed by atoms with E-state index in [0.29, 0.717) is 29.7 Å². The van der Waals surface area contributed by atoms with Crippen molar-refractivity contribution in [2.24, 2.45) is 0 Å². The van der Waals surface area contributed by atoms with Crippen molar-refractivity contribution >= 4 is 22.8 Å². The fraction of sp³-hybridized carbons (Fsp3) is 0.167. The summed E-state index contributed by atoms with van der Waals surface area (Å²) in [5, 5.41) is 0.392. The molecule has 0 aliphatic heterocycles. The van der Waals surface area contributed by atoms with E-state index in [1.165, 1.54) is 0 Å². The van der Waals surface area contributed by atoms with E-state index in [9.17, 15) is 8.78 Å². The lowest BCUT2D eigenvalue weighted by Crippen LogP contribution is -2.09. The minimum Gasteiger partial charge on any atom is -0.323 e. The fourth-order valence-electron chi connectivity index (χ4n) is 2.98. The van der Waals surface area contributed by atoms with Crippen molar-refractivity contribution in [2.75, 3.05) is 0 Å². The number of imidazole rings is 2. The molecule has 3 aromatic heterocycles. The van der Waals surface area contributed by atoms with Crippen LogP contribution >= 0.6 is 11.6 Å². The van der Waals surface area contributed by atoms with Crippen LogP contribution in [0.2, 0.25) is 5.15 Å². The van der Waals surface area contributed by atoms with E-state index in [1.807, 2.05) is 11.5 Å². The maximum Gasteiger partial charge on any atom is 0.161 e. The largest absolute Gasteiger partial charge is 0.323 e. The first-order chi connectivity index (χ1) is 12.6. The van der Waals surface area contributed by atoms with Gasteiger partial charge in [0.1, 0.15) is 34.0 Å². The molecule has 26 heavy (non-hydrogen) atoms. The average Bonchev–Trinajstić information content (AvgIpc) is 3.21. The highest BCUT2D eigenvalue weighted by molar-refractivity contribution is 6.29. The van der Waals surface area contributed by atoms with Crippen molar-refractivity contribution in [3.63, 3.8) is 0 Å². The number of benzene rings is 1. The van der Waals surface area contributed by atoms with Gasteiger partial charge in [-0.3, -0.25) is 0 Å². The standard InChI is InChI=1S/C18H14ClF2N5/c1-2-26-16(23-14-5-6-15(19)24-18(14)26)10-25-8-7-22-17(25)12-9-11(20)3-4-13(12)21/h3-9H,2,10H2,1H3. The fourth-order valence-corrected chi connectivity index (χ4v) is 3.12. The highest BCUT2D eigenvalue weighted by atomic mass is 35.5. The van der Waals surface area contributed by atoms with Gasteiger partial charge in [-0.15, -0.1) is 0 Å². The van der Waals surface area contributed by atoms with Crippen LogP contribution < -0.4 is 0 Å². The lowest BCUT2D eigenvalue weighted by atomic mass is 10.2. The van der Waals surface area contributed by atoms with Gasteiger partial charge in [0.25, 0.3) is 0 Å². The van der Waals surface area contributed by atoms with Gasteiger partial charge in [0, 0.05) is 18.9 Å². The highest BCUT2D eigenvalue weighted by Crippen LogP contribution is 2.24. The molecular formula is C18H14ClF2N5. The Morgan fingerprint density at radius 1 is 1.12 bits per heavy atom. The van der Waals surface area contributed by atoms with E-state index in [0.717, 1.165) is 29.5 Å². The highest BCUT2D eigenvalue weighted by Gasteiger charge is 2.16. The molecule has 0 saturated carbocycles. The van der Waals surface area contributed by atoms with E-state index in [1.54, 1.807) is 29.1 Å². The maximum atomic E-state index is 14.1. The molecule has 0 fully saturated rings. The lowest BCUT2D eigenvalue weighted by Gasteiger charge is -2.10. The molecule has 0 bridgehead atoms. The second kappa shape index (κ2) is 6.49. The number of rotatable bonds is 4. The number of aryl methyl sites for hydroxylation is 1. The second-order valence-corrected chi connectivity index (χ2v) is 6.14. The monoisotopic (exact) mass is 373 g/mol. The molecular weight excluding hydrogens is 360 g/mol. The Bertz CT molecular complexity index is 1100. The zero-order valence-corrected chi connectivity index (χ0v) is 14.6. The van der Waals surface area contributed by atoms with Crippen LogP contribution in [0.3, 0.4) is 0 Å². The molecule has 0 aliphatic carbocycles. The summed E-state index contributed by atoms with van der Waals surface area (Å²) in [4.78, 5) is 13.1. The zero-order valence-electron chi connectivity index (χ0n) is 13.8. The SMILES string of the molecule is CCn1c(Cn2ccnc2-c2cc(F)ccc2F)nc2ccc(Cl)nc21. The molecule has 0 saturated heterocycles. The van der Waals surface area contributed by atoms with E-state index in [-0.39, 0.29) is 5.56 Å². The minimum atomic E-state index is -0.531. The molecule has 4 aromatic rings. The van der Waals surface area contributed by atoms with E-state index in [2.05, 4.69) is 15.0 Å². The van der Waals surface area contributed by atoms with Crippen molar-refractivity contribution in [1.29, 1.82) is 0 Å². The van der Waals surface area contributed by atoms with Gasteiger partial charge in [0.05, 0.1) is 12.1 Å². The van der Waals surface area contributed by atoms with Gasteiger partial charge >= 0.3 is 0 Å². The van der Waals surface area contributed by atoms with Gasteiger partial charge < -0.3 is 9.13 Å². The number of fused-ring (bicyclic) bond motifs is 1. The Kier molecular flexibility index (Phi) is 4.16. The van der Waals surface area contributed by atoms with E-state index >= 15 is 0 Å². The van der Waals surface area contributed by atoms with Gasteiger partial charge in [-0.05, 0) is 37.3 Å². The lowest BCUT2D eigenvalue weighted by molar-refractivity contribution is 0.599. The summed E-state index contributed by atoms with van der Waals surface area (Å²) in [6.45, 7) is 2.97. The third kappa shape index (κ3) is 2.84. The van der Waals surface area contributed by atoms with Crippen LogP contribution in [0.1, 0.15) is 12.7 Å². The average molecular weight is 374 g/mol. The van der Waals surface area contributed by atoms with Crippen LogP contribution in [0.4, 0.5) is 8.78 Å². The number of halogens is 3. The van der Waals surface area contributed by atoms with Crippen LogP contribution in [-0.2, 0) is 13.1 Å². The minimum absolute atomic E-state index is 0.107. The summed E-state index contributed by atoms with van der Waals surface area (Å²) in [6, 6.07) is 6.81. The van der Waals surface area contributed by atoms with Crippen molar-refractivity contribution in [3.05, 3.63) is 65.3 Å². The molecule has 0 atom stereocenters. The molecule has 5 nitrogen and oxygen atoms in total. The molecule has 1 aromatic carbocycles. The quantitative estimate of drug-likeness (QED) is 0.501. The Morgan fingerprint density at radius 2 is 1.96 bits per heavy atom. The number of hydrogen-bond donors (Lipinski definition) is 0. The van der Waals surface area contributed by atoms with Crippen LogP contribution in [-0.4, -0.2) is 24.1 Å². The van der Waals surface area contributed by atoms with Crippen molar-refractivity contribution < 1.29 is 8.78 Å². The number of hydrogen-bond acceptors (Lipinski definition) is 3. The molecule has 0 spiro atoms. The predicted molar refractivity (Wildman–Crippen MR) is 94.9 cm³/mol. The van der Waals surface area contributed by atoms with Crippen molar-refractivity contribution in [2.45, 2.75) is 20.0 Å². The summed E-state index contributed by atoms with van der Waals surface area (Å²) in [7, 11) is 0. The van der Waals surface area contributed by atoms with Gasteiger partial charge in [0.2, 0.25) is 0 Å². The normalized spacial score (nSPS) is 11.4. The van der Waals surface area contributed by atoms with Gasteiger partial charge in [-0.1, -0.05) is 11.6 Å². The molecule has 4 rings (SSSR count). The van der Waals surface area contributed by atoms with Crippen molar-refractivity contribution in [1.82, 2.24) is 24.1 Å². The topological polar surface area (TPSA) is 48.5 Å². The summed E-state index contributed by atoms with van der Waals surface area (Å²) >= 11 is 5.99. The third-order valence-corrected chi connectivity index (χ3v) is 4.36. The smallest absolute Gasteiger partial charge is 0.161 e. The van der Waals surface area contributed by atoms with Crippen LogP contribution in [0, 0.1) is 11.6 Å². The first-order valence-electron chi connectivity index (χ1n) is 8.05. The summed E-state index contributed by atoms with van der Waals surface area (Å²) in [6.07, 6.45) is 3.26. The van der Waals surface area contributed by atoms with Crippen molar-refractivity contribution in [3.8, 4) is 11.4 Å². The van der Waals surface area contributed by atoms with Crippen LogP contribution in [0.5, 0.6) is 0 Å². The Labute approximate surface area is 152 Å².